The maximum atomic E-state index is 4.25. The molecule has 0 fully saturated rings. The molecule has 2 heterocycles. The van der Waals surface area contributed by atoms with Gasteiger partial charge in [-0.3, -0.25) is 4.98 Å². The molecule has 0 atom stereocenters. The van der Waals surface area contributed by atoms with Crippen LogP contribution < -0.4 is 5.32 Å². The van der Waals surface area contributed by atoms with Crippen LogP contribution in [0.15, 0.2) is 40.3 Å². The van der Waals surface area contributed by atoms with Crippen LogP contribution in [0.1, 0.15) is 5.69 Å². The van der Waals surface area contributed by atoms with Crippen molar-refractivity contribution >= 4 is 23.1 Å². The molecular formula is C11H13N3S2. The molecule has 0 bridgehead atoms. The van der Waals surface area contributed by atoms with E-state index >= 15 is 0 Å². The molecule has 0 radical (unpaired) electrons. The quantitative estimate of drug-likeness (QED) is 0.632. The summed E-state index contributed by atoms with van der Waals surface area (Å²) in [5.74, 6) is 1.04. The van der Waals surface area contributed by atoms with Gasteiger partial charge in [-0.25, -0.2) is 4.98 Å². The standard InChI is InChI=1S/C11H13N3S2/c1-2-4-13-10(3-1)9-12-5-7-15-11-14-6-8-16-11/h1-4,6,8,12H,5,7,9H2. The number of nitrogens with zero attached hydrogens (tertiary/aromatic N) is 2. The second-order valence-corrected chi connectivity index (χ2v) is 5.38. The van der Waals surface area contributed by atoms with Crippen LogP contribution >= 0.6 is 23.1 Å². The first-order valence-electron chi connectivity index (χ1n) is 5.08. The van der Waals surface area contributed by atoms with E-state index in [2.05, 4.69) is 15.3 Å². The van der Waals surface area contributed by atoms with Crippen LogP contribution in [0.5, 0.6) is 0 Å². The predicted molar refractivity (Wildman–Crippen MR) is 68.8 cm³/mol. The first kappa shape index (κ1) is 11.6. The van der Waals surface area contributed by atoms with Gasteiger partial charge in [0.05, 0.1) is 5.69 Å². The summed E-state index contributed by atoms with van der Waals surface area (Å²) in [7, 11) is 0. The molecule has 0 unspecified atom stereocenters. The minimum absolute atomic E-state index is 0.833. The molecule has 5 heteroatoms. The van der Waals surface area contributed by atoms with Crippen LogP contribution in [0.4, 0.5) is 0 Å². The second-order valence-electron chi connectivity index (χ2n) is 3.14. The van der Waals surface area contributed by atoms with Crippen LogP contribution in [0.2, 0.25) is 0 Å². The maximum absolute atomic E-state index is 4.25. The summed E-state index contributed by atoms with van der Waals surface area (Å²) >= 11 is 3.48. The lowest BCUT2D eigenvalue weighted by molar-refractivity contribution is 0.715. The Morgan fingerprint density at radius 1 is 1.25 bits per heavy atom. The van der Waals surface area contributed by atoms with Crippen LogP contribution in [0.3, 0.4) is 0 Å². The molecule has 0 aliphatic rings. The summed E-state index contributed by atoms with van der Waals surface area (Å²) in [5.41, 5.74) is 1.08. The van der Waals surface area contributed by atoms with Gasteiger partial charge < -0.3 is 5.32 Å². The number of thioether (sulfide) groups is 1. The fourth-order valence-corrected chi connectivity index (χ4v) is 2.82. The van der Waals surface area contributed by atoms with Crippen molar-refractivity contribution in [3.05, 3.63) is 41.7 Å². The number of nitrogens with one attached hydrogen (secondary N) is 1. The smallest absolute Gasteiger partial charge is 0.149 e. The Balaban J connectivity index is 1.59. The SMILES string of the molecule is c1ccc(CNCCSc2nccs2)nc1. The van der Waals surface area contributed by atoms with Gasteiger partial charge in [0.15, 0.2) is 0 Å². The van der Waals surface area contributed by atoms with E-state index in [4.69, 9.17) is 0 Å². The van der Waals surface area contributed by atoms with E-state index in [1.165, 1.54) is 0 Å². The van der Waals surface area contributed by atoms with Gasteiger partial charge in [0, 0.05) is 36.6 Å². The van der Waals surface area contributed by atoms with E-state index in [-0.39, 0.29) is 0 Å². The topological polar surface area (TPSA) is 37.8 Å². The lowest BCUT2D eigenvalue weighted by Gasteiger charge is -2.02. The van der Waals surface area contributed by atoms with Gasteiger partial charge in [0.1, 0.15) is 4.34 Å². The zero-order chi connectivity index (χ0) is 11.1. The number of rotatable bonds is 6. The zero-order valence-corrected chi connectivity index (χ0v) is 10.4. The summed E-state index contributed by atoms with van der Waals surface area (Å²) in [4.78, 5) is 8.46. The molecule has 2 aromatic heterocycles. The first-order valence-corrected chi connectivity index (χ1v) is 6.94. The minimum Gasteiger partial charge on any atom is -0.310 e. The fraction of sp³-hybridized carbons (Fsp3) is 0.273. The van der Waals surface area contributed by atoms with E-state index in [1.54, 1.807) is 23.1 Å². The number of pyridine rings is 1. The molecule has 0 amide bonds. The van der Waals surface area contributed by atoms with Crippen molar-refractivity contribution in [3.8, 4) is 0 Å². The minimum atomic E-state index is 0.833. The van der Waals surface area contributed by atoms with Crippen molar-refractivity contribution in [1.82, 2.24) is 15.3 Å². The number of aromatic nitrogens is 2. The third-order valence-electron chi connectivity index (χ3n) is 1.95. The highest BCUT2D eigenvalue weighted by Gasteiger charge is 1.96. The third kappa shape index (κ3) is 3.92. The Labute approximate surface area is 103 Å². The molecule has 0 saturated heterocycles. The van der Waals surface area contributed by atoms with Gasteiger partial charge in [-0.15, -0.1) is 11.3 Å². The molecule has 16 heavy (non-hydrogen) atoms. The summed E-state index contributed by atoms with van der Waals surface area (Å²) in [6.45, 7) is 1.81. The summed E-state index contributed by atoms with van der Waals surface area (Å²) in [5, 5.41) is 5.36. The van der Waals surface area contributed by atoms with E-state index in [9.17, 15) is 0 Å². The fourth-order valence-electron chi connectivity index (χ4n) is 1.21. The molecule has 0 aromatic carbocycles. The van der Waals surface area contributed by atoms with Crippen LogP contribution in [-0.4, -0.2) is 22.3 Å². The molecular weight excluding hydrogens is 238 g/mol. The highest BCUT2D eigenvalue weighted by atomic mass is 32.2. The van der Waals surface area contributed by atoms with E-state index < -0.39 is 0 Å². The first-order chi connectivity index (χ1) is 7.95. The van der Waals surface area contributed by atoms with Crippen LogP contribution in [-0.2, 0) is 6.54 Å². The lowest BCUT2D eigenvalue weighted by Crippen LogP contribution is -2.17. The summed E-state index contributed by atoms with van der Waals surface area (Å²) in [6.07, 6.45) is 3.66. The maximum Gasteiger partial charge on any atom is 0.149 e. The van der Waals surface area contributed by atoms with Crippen molar-refractivity contribution in [1.29, 1.82) is 0 Å². The van der Waals surface area contributed by atoms with Crippen molar-refractivity contribution in [2.75, 3.05) is 12.3 Å². The average molecular weight is 251 g/mol. The third-order valence-corrected chi connectivity index (χ3v) is 3.91. The van der Waals surface area contributed by atoms with Crippen molar-refractivity contribution in [2.24, 2.45) is 0 Å². The van der Waals surface area contributed by atoms with Crippen molar-refractivity contribution in [3.63, 3.8) is 0 Å². The highest BCUT2D eigenvalue weighted by molar-refractivity contribution is 8.01. The number of hydrogen-bond donors (Lipinski definition) is 1. The molecule has 3 nitrogen and oxygen atoms in total. The molecule has 1 N–H and O–H groups in total. The lowest BCUT2D eigenvalue weighted by atomic mass is 10.3. The predicted octanol–water partition coefficient (Wildman–Crippen LogP) is 2.42. The van der Waals surface area contributed by atoms with Crippen molar-refractivity contribution < 1.29 is 0 Å². The van der Waals surface area contributed by atoms with Gasteiger partial charge in [-0.05, 0) is 12.1 Å². The van der Waals surface area contributed by atoms with Gasteiger partial charge >= 0.3 is 0 Å². The zero-order valence-electron chi connectivity index (χ0n) is 8.80. The summed E-state index contributed by atoms with van der Waals surface area (Å²) < 4.78 is 1.14. The summed E-state index contributed by atoms with van der Waals surface area (Å²) in [6, 6.07) is 5.97. The molecule has 0 spiro atoms. The molecule has 0 aliphatic carbocycles. The van der Waals surface area contributed by atoms with Gasteiger partial charge in [0.2, 0.25) is 0 Å². The normalized spacial score (nSPS) is 10.5. The largest absolute Gasteiger partial charge is 0.310 e. The molecule has 2 aromatic rings. The van der Waals surface area contributed by atoms with E-state index in [0.29, 0.717) is 0 Å². The van der Waals surface area contributed by atoms with Crippen LogP contribution in [0.25, 0.3) is 0 Å². The Hall–Kier alpha value is -0.910. The Morgan fingerprint density at radius 2 is 2.25 bits per heavy atom. The average Bonchev–Trinajstić information content (AvgIpc) is 2.83. The Morgan fingerprint density at radius 3 is 3.00 bits per heavy atom. The molecule has 84 valence electrons. The van der Waals surface area contributed by atoms with Crippen LogP contribution in [0, 0.1) is 0 Å². The second kappa shape index (κ2) is 6.62. The number of thiazole rings is 1. The highest BCUT2D eigenvalue weighted by Crippen LogP contribution is 2.18. The molecule has 2 rings (SSSR count). The van der Waals surface area contributed by atoms with Gasteiger partial charge in [-0.2, -0.15) is 0 Å². The monoisotopic (exact) mass is 251 g/mol. The van der Waals surface area contributed by atoms with Gasteiger partial charge in [-0.1, -0.05) is 17.8 Å². The van der Waals surface area contributed by atoms with Gasteiger partial charge in [0.25, 0.3) is 0 Å². The Bertz CT molecular complexity index is 389. The molecule has 0 saturated carbocycles. The van der Waals surface area contributed by atoms with Crippen molar-refractivity contribution in [2.45, 2.75) is 10.9 Å². The van der Waals surface area contributed by atoms with E-state index in [0.717, 1.165) is 28.9 Å². The number of hydrogen-bond acceptors (Lipinski definition) is 5. The molecule has 0 aliphatic heterocycles. The Kier molecular flexibility index (Phi) is 4.79. The van der Waals surface area contributed by atoms with E-state index in [1.807, 2.05) is 36.0 Å².